The molecule has 0 atom stereocenters. The fourth-order valence-electron chi connectivity index (χ4n) is 3.50. The van der Waals surface area contributed by atoms with Crippen molar-refractivity contribution >= 4 is 26.8 Å². The van der Waals surface area contributed by atoms with E-state index < -0.39 is 10.2 Å². The second-order valence-corrected chi connectivity index (χ2v) is 8.13. The molecule has 1 fully saturated rings. The third-order valence-electron chi connectivity index (χ3n) is 4.88. The van der Waals surface area contributed by atoms with E-state index in [0.29, 0.717) is 54.7 Å². The minimum atomic E-state index is -3.67. The zero-order valence-corrected chi connectivity index (χ0v) is 16.8. The zero-order chi connectivity index (χ0) is 20.5. The lowest BCUT2D eigenvalue weighted by molar-refractivity contribution is 0.355. The standard InChI is InChI=1S/C18H23N5O4S/c1-11-14(8-19)18(23-9-12(10-23)4-5-21-28(20,24)25)13-6-16(26-2)17(27-3)7-15(13)22-11/h6-7,12,21H,4-5,9-10H2,1-3H3,(H2,20,24,25). The lowest BCUT2D eigenvalue weighted by Crippen LogP contribution is -2.48. The monoisotopic (exact) mass is 405 g/mol. The highest BCUT2D eigenvalue weighted by molar-refractivity contribution is 7.87. The molecular weight excluding hydrogens is 382 g/mol. The smallest absolute Gasteiger partial charge is 0.274 e. The van der Waals surface area contributed by atoms with E-state index >= 15 is 0 Å². The van der Waals surface area contributed by atoms with Crippen molar-refractivity contribution in [1.29, 1.82) is 5.26 Å². The molecule has 150 valence electrons. The molecule has 1 aromatic carbocycles. The van der Waals surface area contributed by atoms with E-state index in [1.807, 2.05) is 13.0 Å². The van der Waals surface area contributed by atoms with Gasteiger partial charge in [0, 0.05) is 31.1 Å². The van der Waals surface area contributed by atoms with Gasteiger partial charge in [0.1, 0.15) is 6.07 Å². The van der Waals surface area contributed by atoms with Gasteiger partial charge in [0.25, 0.3) is 10.2 Å². The van der Waals surface area contributed by atoms with E-state index in [-0.39, 0.29) is 0 Å². The fraction of sp³-hybridized carbons (Fsp3) is 0.444. The van der Waals surface area contributed by atoms with Crippen LogP contribution in [0.25, 0.3) is 10.9 Å². The van der Waals surface area contributed by atoms with Crippen LogP contribution < -0.4 is 24.2 Å². The van der Waals surface area contributed by atoms with Crippen molar-refractivity contribution in [1.82, 2.24) is 9.71 Å². The number of aromatic nitrogens is 1. The number of fused-ring (bicyclic) bond motifs is 1. The van der Waals surface area contributed by atoms with Crippen molar-refractivity contribution in [3.05, 3.63) is 23.4 Å². The first kappa shape index (κ1) is 20.1. The van der Waals surface area contributed by atoms with Crippen molar-refractivity contribution in [2.45, 2.75) is 13.3 Å². The quantitative estimate of drug-likeness (QED) is 0.704. The Hall–Kier alpha value is -2.61. The van der Waals surface area contributed by atoms with Crippen molar-refractivity contribution in [3.63, 3.8) is 0 Å². The Labute approximate surface area is 164 Å². The first-order valence-corrected chi connectivity index (χ1v) is 10.3. The maximum atomic E-state index is 11.0. The van der Waals surface area contributed by atoms with Gasteiger partial charge in [0.2, 0.25) is 0 Å². The van der Waals surface area contributed by atoms with Gasteiger partial charge in [0.05, 0.1) is 36.7 Å². The topological polar surface area (TPSA) is 131 Å². The Kier molecular flexibility index (Phi) is 5.60. The van der Waals surface area contributed by atoms with Crippen molar-refractivity contribution in [2.75, 3.05) is 38.8 Å². The van der Waals surface area contributed by atoms with E-state index in [0.717, 1.165) is 16.6 Å². The molecule has 0 saturated carbocycles. The highest BCUT2D eigenvalue weighted by Crippen LogP contribution is 2.40. The van der Waals surface area contributed by atoms with Crippen LogP contribution in [0.5, 0.6) is 11.5 Å². The summed E-state index contributed by atoms with van der Waals surface area (Å²) in [6.07, 6.45) is 0.675. The van der Waals surface area contributed by atoms with Crippen LogP contribution in [0.15, 0.2) is 12.1 Å². The van der Waals surface area contributed by atoms with E-state index in [9.17, 15) is 13.7 Å². The Bertz CT molecular complexity index is 1040. The van der Waals surface area contributed by atoms with Gasteiger partial charge < -0.3 is 14.4 Å². The zero-order valence-electron chi connectivity index (χ0n) is 16.0. The number of nitrogens with one attached hydrogen (secondary N) is 1. The Morgan fingerprint density at radius 2 is 1.96 bits per heavy atom. The summed E-state index contributed by atoms with van der Waals surface area (Å²) in [5.74, 6) is 1.46. The van der Waals surface area contributed by atoms with E-state index in [2.05, 4.69) is 20.7 Å². The second kappa shape index (κ2) is 7.79. The summed E-state index contributed by atoms with van der Waals surface area (Å²) >= 11 is 0. The minimum Gasteiger partial charge on any atom is -0.493 e. The highest BCUT2D eigenvalue weighted by Gasteiger charge is 2.31. The number of nitrogens with zero attached hydrogens (tertiary/aromatic N) is 3. The molecule has 0 unspecified atom stereocenters. The Balaban J connectivity index is 1.91. The number of methoxy groups -OCH3 is 2. The molecule has 9 nitrogen and oxygen atoms in total. The van der Waals surface area contributed by atoms with Crippen molar-refractivity contribution in [3.8, 4) is 17.6 Å². The van der Waals surface area contributed by atoms with E-state index in [4.69, 9.17) is 14.6 Å². The molecule has 3 N–H and O–H groups in total. The van der Waals surface area contributed by atoms with Crippen LogP contribution in [0.2, 0.25) is 0 Å². The number of pyridine rings is 1. The van der Waals surface area contributed by atoms with Crippen molar-refractivity contribution in [2.24, 2.45) is 11.1 Å². The molecule has 1 aliphatic rings. The number of hydrogen-bond donors (Lipinski definition) is 2. The van der Waals surface area contributed by atoms with Crippen LogP contribution in [0.3, 0.4) is 0 Å². The summed E-state index contributed by atoms with van der Waals surface area (Å²) in [6, 6.07) is 5.91. The molecule has 0 aliphatic carbocycles. The van der Waals surface area contributed by atoms with Gasteiger partial charge in [-0.1, -0.05) is 0 Å². The molecule has 0 spiro atoms. The normalized spacial score (nSPS) is 14.6. The molecule has 1 aromatic heterocycles. The molecule has 2 aromatic rings. The first-order valence-electron chi connectivity index (χ1n) is 8.76. The highest BCUT2D eigenvalue weighted by atomic mass is 32.2. The van der Waals surface area contributed by atoms with Crippen LogP contribution in [0, 0.1) is 24.2 Å². The largest absolute Gasteiger partial charge is 0.493 e. The molecule has 1 aliphatic heterocycles. The number of anilines is 1. The summed E-state index contributed by atoms with van der Waals surface area (Å²) in [7, 11) is -0.540. The number of ether oxygens (including phenoxy) is 2. The Morgan fingerprint density at radius 1 is 1.32 bits per heavy atom. The molecule has 0 amide bonds. The summed E-state index contributed by atoms with van der Waals surface area (Å²) < 4.78 is 35.0. The maximum absolute atomic E-state index is 11.0. The number of nitrogens with two attached hydrogens (primary N) is 1. The van der Waals surface area contributed by atoms with Crippen LogP contribution in [0.1, 0.15) is 17.7 Å². The van der Waals surface area contributed by atoms with Crippen molar-refractivity contribution < 1.29 is 17.9 Å². The third-order valence-corrected chi connectivity index (χ3v) is 5.49. The van der Waals surface area contributed by atoms with Gasteiger partial charge in [-0.2, -0.15) is 13.7 Å². The third kappa shape index (κ3) is 3.96. The van der Waals surface area contributed by atoms with Gasteiger partial charge in [0.15, 0.2) is 11.5 Å². The van der Waals surface area contributed by atoms with Crippen LogP contribution >= 0.6 is 0 Å². The van der Waals surface area contributed by atoms with Crippen LogP contribution in [-0.2, 0) is 10.2 Å². The minimum absolute atomic E-state index is 0.295. The molecular formula is C18H23N5O4S. The lowest BCUT2D eigenvalue weighted by Gasteiger charge is -2.42. The average Bonchev–Trinajstić information content (AvgIpc) is 2.60. The van der Waals surface area contributed by atoms with Gasteiger partial charge in [-0.3, -0.25) is 4.98 Å². The van der Waals surface area contributed by atoms with E-state index in [1.54, 1.807) is 20.3 Å². The average molecular weight is 405 g/mol. The van der Waals surface area contributed by atoms with Gasteiger partial charge >= 0.3 is 0 Å². The molecule has 10 heteroatoms. The second-order valence-electron chi connectivity index (χ2n) is 6.76. The predicted molar refractivity (Wildman–Crippen MR) is 106 cm³/mol. The van der Waals surface area contributed by atoms with Gasteiger partial charge in [-0.15, -0.1) is 0 Å². The summed E-state index contributed by atoms with van der Waals surface area (Å²) in [6.45, 7) is 3.54. The maximum Gasteiger partial charge on any atom is 0.274 e. The number of rotatable bonds is 7. The van der Waals surface area contributed by atoms with Gasteiger partial charge in [-0.25, -0.2) is 9.86 Å². The molecule has 28 heavy (non-hydrogen) atoms. The molecule has 0 radical (unpaired) electrons. The molecule has 0 bridgehead atoms. The number of nitriles is 1. The number of aryl methyl sites for hydroxylation is 1. The molecule has 3 rings (SSSR count). The van der Waals surface area contributed by atoms with E-state index in [1.165, 1.54) is 0 Å². The summed E-state index contributed by atoms with van der Waals surface area (Å²) in [5, 5.41) is 15.5. The van der Waals surface area contributed by atoms with Crippen LogP contribution in [0.4, 0.5) is 5.69 Å². The molecule has 2 heterocycles. The van der Waals surface area contributed by atoms with Gasteiger partial charge in [-0.05, 0) is 25.3 Å². The van der Waals surface area contributed by atoms with Crippen LogP contribution in [-0.4, -0.2) is 47.3 Å². The predicted octanol–water partition coefficient (Wildman–Crippen LogP) is 1.05. The number of hydrogen-bond acceptors (Lipinski definition) is 7. The summed E-state index contributed by atoms with van der Waals surface area (Å²) in [4.78, 5) is 6.67. The first-order chi connectivity index (χ1) is 13.3. The SMILES string of the molecule is COc1cc2nc(C)c(C#N)c(N3CC(CCNS(N)(=O)=O)C3)c2cc1OC. The fourth-order valence-corrected chi connectivity index (χ4v) is 3.90. The number of benzene rings is 1. The molecule has 1 saturated heterocycles. The lowest BCUT2D eigenvalue weighted by atomic mass is 9.93. The Morgan fingerprint density at radius 3 is 2.54 bits per heavy atom. The summed E-state index contributed by atoms with van der Waals surface area (Å²) in [5.41, 5.74) is 2.72.